The molecule has 0 saturated heterocycles. The summed E-state index contributed by atoms with van der Waals surface area (Å²) in [6, 6.07) is 14.7. The lowest BCUT2D eigenvalue weighted by molar-refractivity contribution is 0.273. The van der Waals surface area contributed by atoms with Crippen LogP contribution in [0.5, 0.6) is 0 Å². The third kappa shape index (κ3) is 4.30. The van der Waals surface area contributed by atoms with Crippen LogP contribution in [0.4, 0.5) is 0 Å². The van der Waals surface area contributed by atoms with Crippen molar-refractivity contribution in [3.63, 3.8) is 0 Å². The number of thioether (sulfide) groups is 1. The Kier molecular flexibility index (Phi) is 6.23. The minimum Gasteiger partial charge on any atom is -0.395 e. The van der Waals surface area contributed by atoms with Gasteiger partial charge < -0.3 is 10.4 Å². The second kappa shape index (κ2) is 8.17. The molecule has 0 spiro atoms. The molecule has 4 heteroatoms. The van der Waals surface area contributed by atoms with Crippen LogP contribution in [-0.2, 0) is 0 Å². The first kappa shape index (κ1) is 16.0. The maximum absolute atomic E-state index is 9.48. The van der Waals surface area contributed by atoms with E-state index in [1.807, 2.05) is 49.0 Å². The number of pyridine rings is 1. The van der Waals surface area contributed by atoms with E-state index in [0.717, 1.165) is 0 Å². The molecule has 1 aromatic carbocycles. The second-order valence-corrected chi connectivity index (χ2v) is 6.11. The number of hydrogen-bond donors (Lipinski definition) is 2. The number of aliphatic hydroxyl groups excluding tert-OH is 1. The zero-order chi connectivity index (χ0) is 15.1. The number of aliphatic hydroxyl groups is 1. The van der Waals surface area contributed by atoms with Gasteiger partial charge in [0.25, 0.3) is 0 Å². The highest BCUT2D eigenvalue weighted by Crippen LogP contribution is 2.23. The van der Waals surface area contributed by atoms with Crippen LogP contribution in [0.1, 0.15) is 24.1 Å². The molecule has 2 aromatic rings. The molecule has 112 valence electrons. The molecular weight excluding hydrogens is 280 g/mol. The van der Waals surface area contributed by atoms with E-state index in [0.29, 0.717) is 0 Å². The lowest BCUT2D eigenvalue weighted by atomic mass is 9.98. The van der Waals surface area contributed by atoms with E-state index in [1.165, 1.54) is 11.1 Å². The quantitative estimate of drug-likeness (QED) is 0.825. The van der Waals surface area contributed by atoms with Gasteiger partial charge in [0.1, 0.15) is 0 Å². The average Bonchev–Trinajstić information content (AvgIpc) is 2.55. The topological polar surface area (TPSA) is 45.1 Å². The Hall–Kier alpha value is -1.36. The lowest BCUT2D eigenvalue weighted by Gasteiger charge is -2.28. The van der Waals surface area contributed by atoms with Gasteiger partial charge in [0, 0.05) is 23.7 Å². The van der Waals surface area contributed by atoms with Gasteiger partial charge in [0.05, 0.1) is 12.6 Å². The molecule has 1 aromatic heterocycles. The molecule has 2 rings (SSSR count). The number of hydrogen-bond acceptors (Lipinski definition) is 4. The molecule has 0 saturated carbocycles. The maximum Gasteiger partial charge on any atom is 0.0580 e. The Morgan fingerprint density at radius 3 is 2.29 bits per heavy atom. The highest BCUT2D eigenvalue weighted by atomic mass is 32.2. The van der Waals surface area contributed by atoms with Crippen LogP contribution in [0, 0.1) is 0 Å². The fourth-order valence-corrected chi connectivity index (χ4v) is 3.03. The molecule has 21 heavy (non-hydrogen) atoms. The van der Waals surface area contributed by atoms with Gasteiger partial charge in [-0.3, -0.25) is 4.98 Å². The fraction of sp³-hybridized carbons (Fsp3) is 0.353. The molecule has 0 fully saturated rings. The Balaban J connectivity index is 2.25. The van der Waals surface area contributed by atoms with E-state index in [2.05, 4.69) is 29.4 Å². The van der Waals surface area contributed by atoms with Gasteiger partial charge in [-0.1, -0.05) is 30.3 Å². The molecule has 0 aliphatic rings. The summed E-state index contributed by atoms with van der Waals surface area (Å²) in [5.41, 5.74) is 2.40. The zero-order valence-corrected chi connectivity index (χ0v) is 13.3. The third-order valence-electron chi connectivity index (χ3n) is 3.64. The van der Waals surface area contributed by atoms with Crippen molar-refractivity contribution in [2.24, 2.45) is 0 Å². The first-order valence-electron chi connectivity index (χ1n) is 7.10. The molecule has 0 aliphatic heterocycles. The minimum atomic E-state index is 0.102. The van der Waals surface area contributed by atoms with Gasteiger partial charge in [-0.2, -0.15) is 11.8 Å². The van der Waals surface area contributed by atoms with Crippen molar-refractivity contribution in [1.29, 1.82) is 0 Å². The molecule has 3 unspecified atom stereocenters. The summed E-state index contributed by atoms with van der Waals surface area (Å²) in [6.45, 7) is 2.29. The van der Waals surface area contributed by atoms with Gasteiger partial charge >= 0.3 is 0 Å². The zero-order valence-electron chi connectivity index (χ0n) is 12.4. The van der Waals surface area contributed by atoms with Gasteiger partial charge in [-0.05, 0) is 36.4 Å². The molecule has 3 atom stereocenters. The van der Waals surface area contributed by atoms with Crippen molar-refractivity contribution in [2.45, 2.75) is 24.3 Å². The Labute approximate surface area is 130 Å². The van der Waals surface area contributed by atoms with E-state index in [-0.39, 0.29) is 23.9 Å². The Bertz CT molecular complexity index is 477. The van der Waals surface area contributed by atoms with Crippen molar-refractivity contribution < 1.29 is 5.11 Å². The molecule has 3 nitrogen and oxygen atoms in total. The largest absolute Gasteiger partial charge is 0.395 e. The van der Waals surface area contributed by atoms with Gasteiger partial charge in [0.15, 0.2) is 0 Å². The summed E-state index contributed by atoms with van der Waals surface area (Å²) < 4.78 is 0. The predicted octanol–water partition coefficient (Wildman–Crippen LogP) is 2.87. The SMILES string of the molecule is CSC(CO)C(C)NC(c1ccccc1)c1ccncc1. The van der Waals surface area contributed by atoms with Crippen LogP contribution in [0.2, 0.25) is 0 Å². The van der Waals surface area contributed by atoms with E-state index >= 15 is 0 Å². The molecule has 0 aliphatic carbocycles. The van der Waals surface area contributed by atoms with E-state index in [4.69, 9.17) is 0 Å². The van der Waals surface area contributed by atoms with E-state index in [1.54, 1.807) is 11.8 Å². The summed E-state index contributed by atoms with van der Waals surface area (Å²) in [4.78, 5) is 4.10. The smallest absolute Gasteiger partial charge is 0.0580 e. The first-order valence-corrected chi connectivity index (χ1v) is 8.39. The highest BCUT2D eigenvalue weighted by Gasteiger charge is 2.21. The normalized spacial score (nSPS) is 15.4. The van der Waals surface area contributed by atoms with Gasteiger partial charge in [-0.25, -0.2) is 0 Å². The fourth-order valence-electron chi connectivity index (χ4n) is 2.39. The molecule has 0 amide bonds. The minimum absolute atomic E-state index is 0.102. The van der Waals surface area contributed by atoms with Crippen molar-refractivity contribution in [3.8, 4) is 0 Å². The molecule has 0 bridgehead atoms. The van der Waals surface area contributed by atoms with Crippen LogP contribution >= 0.6 is 11.8 Å². The van der Waals surface area contributed by atoms with E-state index in [9.17, 15) is 5.11 Å². The Morgan fingerprint density at radius 1 is 1.10 bits per heavy atom. The summed E-state index contributed by atoms with van der Waals surface area (Å²) >= 11 is 1.69. The molecule has 2 N–H and O–H groups in total. The number of nitrogens with one attached hydrogen (secondary N) is 1. The van der Waals surface area contributed by atoms with Crippen LogP contribution in [0.3, 0.4) is 0 Å². The van der Waals surface area contributed by atoms with Crippen molar-refractivity contribution >= 4 is 11.8 Å². The van der Waals surface area contributed by atoms with Crippen LogP contribution < -0.4 is 5.32 Å². The van der Waals surface area contributed by atoms with Crippen LogP contribution in [0.15, 0.2) is 54.9 Å². The third-order valence-corrected chi connectivity index (χ3v) is 4.81. The number of benzene rings is 1. The maximum atomic E-state index is 9.48. The molecule has 1 heterocycles. The standard InChI is InChI=1S/C17H22N2OS/c1-13(16(12-20)21-2)19-17(14-6-4-3-5-7-14)15-8-10-18-11-9-15/h3-11,13,16-17,19-20H,12H2,1-2H3. The number of aromatic nitrogens is 1. The van der Waals surface area contributed by atoms with Gasteiger partial charge in [0.2, 0.25) is 0 Å². The summed E-state index contributed by atoms with van der Waals surface area (Å²) in [6.07, 6.45) is 5.66. The van der Waals surface area contributed by atoms with Crippen molar-refractivity contribution in [2.75, 3.05) is 12.9 Å². The monoisotopic (exact) mass is 302 g/mol. The molecular formula is C17H22N2OS. The Morgan fingerprint density at radius 2 is 1.71 bits per heavy atom. The van der Waals surface area contributed by atoms with Crippen LogP contribution in [0.25, 0.3) is 0 Å². The summed E-state index contributed by atoms with van der Waals surface area (Å²) in [7, 11) is 0. The van der Waals surface area contributed by atoms with E-state index < -0.39 is 0 Å². The first-order chi connectivity index (χ1) is 10.3. The average molecular weight is 302 g/mol. The van der Waals surface area contributed by atoms with Crippen LogP contribution in [-0.4, -0.2) is 34.2 Å². The number of rotatable bonds is 7. The second-order valence-electron chi connectivity index (χ2n) is 5.04. The highest BCUT2D eigenvalue weighted by molar-refractivity contribution is 7.99. The lowest BCUT2D eigenvalue weighted by Crippen LogP contribution is -2.40. The van der Waals surface area contributed by atoms with Crippen molar-refractivity contribution in [1.82, 2.24) is 10.3 Å². The summed E-state index contributed by atoms with van der Waals surface area (Å²) in [5, 5.41) is 13.3. The summed E-state index contributed by atoms with van der Waals surface area (Å²) in [5.74, 6) is 0. The molecule has 0 radical (unpaired) electrons. The predicted molar refractivity (Wildman–Crippen MR) is 89.5 cm³/mol. The van der Waals surface area contributed by atoms with Gasteiger partial charge in [-0.15, -0.1) is 0 Å². The van der Waals surface area contributed by atoms with Crippen molar-refractivity contribution in [3.05, 3.63) is 66.0 Å². The number of nitrogens with zero attached hydrogens (tertiary/aromatic N) is 1.